The van der Waals surface area contributed by atoms with Gasteiger partial charge >= 0.3 is 210 Å². The van der Waals surface area contributed by atoms with E-state index in [4.69, 9.17) is 9.84 Å². The third-order valence-electron chi connectivity index (χ3n) is 6.87. The zero-order valence-electron chi connectivity index (χ0n) is 21.5. The summed E-state index contributed by atoms with van der Waals surface area (Å²) in [6.07, 6.45) is 13.2. The van der Waals surface area contributed by atoms with Crippen molar-refractivity contribution in [2.75, 3.05) is 20.3 Å². The van der Waals surface area contributed by atoms with E-state index in [0.717, 1.165) is 38.1 Å². The molecule has 1 aromatic carbocycles. The van der Waals surface area contributed by atoms with Crippen LogP contribution < -0.4 is 4.46 Å². The summed E-state index contributed by atoms with van der Waals surface area (Å²) in [5, 5.41) is 18.8. The molecule has 0 bridgehead atoms. The molecule has 2 unspecified atom stereocenters. The van der Waals surface area contributed by atoms with Crippen LogP contribution in [0.2, 0.25) is 4.82 Å². The second kappa shape index (κ2) is 16.7. The average Bonchev–Trinajstić information content (AvgIpc) is 3.27. The maximum atomic E-state index is 11.5. The summed E-state index contributed by atoms with van der Waals surface area (Å²) in [6.45, 7) is 8.36. The van der Waals surface area contributed by atoms with Gasteiger partial charge in [-0.3, -0.25) is 0 Å². The first kappa shape index (κ1) is 28.4. The first-order chi connectivity index (χ1) is 16.1. The molecule has 4 nitrogen and oxygen atoms in total. The summed E-state index contributed by atoms with van der Waals surface area (Å²) in [7, 11) is 1.77. The number of unbranched alkanes of at least 4 members (excludes halogenated alkanes) is 6. The Morgan fingerprint density at radius 3 is 2.48 bits per heavy atom. The third kappa shape index (κ3) is 10.1. The van der Waals surface area contributed by atoms with E-state index in [9.17, 15) is 5.11 Å². The number of aliphatic hydroxyl groups is 1. The zero-order chi connectivity index (χ0) is 23.9. The number of benzene rings is 1. The van der Waals surface area contributed by atoms with Crippen molar-refractivity contribution in [1.29, 1.82) is 0 Å². The van der Waals surface area contributed by atoms with Gasteiger partial charge in [0.15, 0.2) is 0 Å². The van der Waals surface area contributed by atoms with Gasteiger partial charge in [0.05, 0.1) is 0 Å². The number of rotatable bonds is 17. The number of nitrogens with zero attached hydrogens (tertiary/aromatic N) is 2. The topological polar surface area (TPSA) is 45.1 Å². The molecule has 1 heterocycles. The normalized spacial score (nSPS) is 19.6. The van der Waals surface area contributed by atoms with Crippen LogP contribution in [0.15, 0.2) is 35.4 Å². The van der Waals surface area contributed by atoms with E-state index in [1.165, 1.54) is 55.8 Å². The third-order valence-corrected chi connectivity index (χ3v) is 9.72. The van der Waals surface area contributed by atoms with Gasteiger partial charge in [0.2, 0.25) is 0 Å². The molecule has 1 aliphatic heterocycles. The van der Waals surface area contributed by atoms with Gasteiger partial charge in [-0.15, -0.1) is 0 Å². The van der Waals surface area contributed by atoms with Crippen LogP contribution in [0.25, 0.3) is 0 Å². The summed E-state index contributed by atoms with van der Waals surface area (Å²) in [4.78, 5) is 0.329. The van der Waals surface area contributed by atoms with Crippen LogP contribution in [0, 0.1) is 5.92 Å². The van der Waals surface area contributed by atoms with Crippen LogP contribution >= 0.6 is 0 Å². The number of hydrogen-bond acceptors (Lipinski definition) is 4. The number of methoxy groups -OCH3 is 1. The molecule has 188 valence electrons. The van der Waals surface area contributed by atoms with Crippen LogP contribution in [-0.4, -0.2) is 63.2 Å². The molecular formula is C28H48N2O2Se. The molecule has 1 fully saturated rings. The van der Waals surface area contributed by atoms with Crippen molar-refractivity contribution < 1.29 is 9.84 Å². The van der Waals surface area contributed by atoms with Crippen LogP contribution in [0.3, 0.4) is 0 Å². The SMILES string of the molecule is CCCCCCCCCC([Se]c1ccccc1)C(O)[C@H](C)/C(CC)=N/N1CCC[C@H]1COC. The minimum atomic E-state index is -0.340. The Morgan fingerprint density at radius 2 is 1.82 bits per heavy atom. The molecule has 0 aliphatic carbocycles. The van der Waals surface area contributed by atoms with E-state index in [2.05, 4.69) is 56.1 Å². The monoisotopic (exact) mass is 524 g/mol. The number of ether oxygens (including phenoxy) is 1. The number of aliphatic hydroxyl groups excluding tert-OH is 1. The molecular weight excluding hydrogens is 475 g/mol. The van der Waals surface area contributed by atoms with Gasteiger partial charge < -0.3 is 0 Å². The fraction of sp³-hybridized carbons (Fsp3) is 0.750. The zero-order valence-corrected chi connectivity index (χ0v) is 23.3. The molecule has 2 rings (SSSR count). The van der Waals surface area contributed by atoms with E-state index in [1.807, 2.05) is 0 Å². The van der Waals surface area contributed by atoms with E-state index in [0.29, 0.717) is 10.9 Å². The molecule has 0 radical (unpaired) electrons. The van der Waals surface area contributed by atoms with Crippen LogP contribution in [0.1, 0.15) is 91.4 Å². The molecule has 33 heavy (non-hydrogen) atoms. The van der Waals surface area contributed by atoms with Crippen molar-refractivity contribution in [2.24, 2.45) is 11.0 Å². The molecule has 0 amide bonds. The molecule has 1 aliphatic rings. The second-order valence-corrected chi connectivity index (χ2v) is 12.3. The summed E-state index contributed by atoms with van der Waals surface area (Å²) >= 11 is 0.266. The second-order valence-electron chi connectivity index (χ2n) is 9.52. The standard InChI is InChI=1S/C28H48N2O2Se/c1-5-7-8-9-10-11-15-20-27(33-25-18-13-12-14-19-25)28(31)23(3)26(6-2)29-30-21-16-17-24(30)22-32-4/h12-14,18-19,23-24,27-28,31H,5-11,15-17,20-22H2,1-4H3/b29-26+/t23-,24+,27?,28?/m1/s1. The van der Waals surface area contributed by atoms with E-state index in [1.54, 1.807) is 7.11 Å². The molecule has 1 N–H and O–H groups in total. The Labute approximate surface area is 209 Å². The quantitative estimate of drug-likeness (QED) is 0.159. The minimum absolute atomic E-state index is 0.0823. The Kier molecular flexibility index (Phi) is 14.4. The van der Waals surface area contributed by atoms with Gasteiger partial charge in [0, 0.05) is 0 Å². The molecule has 0 spiro atoms. The predicted molar refractivity (Wildman–Crippen MR) is 143 cm³/mol. The Morgan fingerprint density at radius 1 is 1.12 bits per heavy atom. The Hall–Kier alpha value is -0.871. The summed E-state index contributed by atoms with van der Waals surface area (Å²) in [5.41, 5.74) is 1.14. The van der Waals surface area contributed by atoms with Gasteiger partial charge in [-0.05, 0) is 0 Å². The van der Waals surface area contributed by atoms with E-state index >= 15 is 0 Å². The van der Waals surface area contributed by atoms with Crippen molar-refractivity contribution >= 4 is 25.1 Å². The molecule has 0 saturated carbocycles. The number of hydrogen-bond donors (Lipinski definition) is 1. The molecule has 4 atom stereocenters. The molecule has 0 aromatic heterocycles. The van der Waals surface area contributed by atoms with Crippen molar-refractivity contribution in [3.63, 3.8) is 0 Å². The first-order valence-electron chi connectivity index (χ1n) is 13.3. The van der Waals surface area contributed by atoms with Crippen LogP contribution in [0.5, 0.6) is 0 Å². The van der Waals surface area contributed by atoms with Gasteiger partial charge in [0.25, 0.3) is 0 Å². The van der Waals surface area contributed by atoms with E-state index < -0.39 is 0 Å². The van der Waals surface area contributed by atoms with Gasteiger partial charge in [-0.1, -0.05) is 0 Å². The summed E-state index contributed by atoms with van der Waals surface area (Å²) in [5.74, 6) is 0.0823. The molecule has 5 heteroatoms. The van der Waals surface area contributed by atoms with Crippen LogP contribution in [-0.2, 0) is 4.74 Å². The van der Waals surface area contributed by atoms with Crippen molar-refractivity contribution in [3.05, 3.63) is 30.3 Å². The molecule has 1 aromatic rings. The van der Waals surface area contributed by atoms with Crippen LogP contribution in [0.4, 0.5) is 0 Å². The first-order valence-corrected chi connectivity index (χ1v) is 15.2. The van der Waals surface area contributed by atoms with E-state index in [-0.39, 0.29) is 27.0 Å². The number of hydrazone groups is 1. The predicted octanol–water partition coefficient (Wildman–Crippen LogP) is 5.82. The maximum absolute atomic E-state index is 11.5. The molecule has 1 saturated heterocycles. The fourth-order valence-electron chi connectivity index (χ4n) is 4.76. The Bertz CT molecular complexity index is 655. The summed E-state index contributed by atoms with van der Waals surface area (Å²) in [6, 6.07) is 11.2. The summed E-state index contributed by atoms with van der Waals surface area (Å²) < 4.78 is 6.80. The Balaban J connectivity index is 2.02. The van der Waals surface area contributed by atoms with Crippen molar-refractivity contribution in [3.8, 4) is 0 Å². The van der Waals surface area contributed by atoms with Crippen molar-refractivity contribution in [1.82, 2.24) is 5.01 Å². The average molecular weight is 524 g/mol. The fourth-order valence-corrected chi connectivity index (χ4v) is 7.53. The van der Waals surface area contributed by atoms with Gasteiger partial charge in [-0.2, -0.15) is 0 Å². The van der Waals surface area contributed by atoms with Gasteiger partial charge in [-0.25, -0.2) is 0 Å². The van der Waals surface area contributed by atoms with Gasteiger partial charge in [0.1, 0.15) is 0 Å². The van der Waals surface area contributed by atoms with Crippen molar-refractivity contribution in [2.45, 2.75) is 108 Å².